The molecule has 7 heteroatoms. The summed E-state index contributed by atoms with van der Waals surface area (Å²) >= 11 is 0. The molecular formula is C9H17FO6. The average Bonchev–Trinajstić information content (AvgIpc) is 2.29. The van der Waals surface area contributed by atoms with Gasteiger partial charge in [-0.1, -0.05) is 0 Å². The van der Waals surface area contributed by atoms with Crippen molar-refractivity contribution in [3.8, 4) is 0 Å². The molecule has 1 fully saturated rings. The van der Waals surface area contributed by atoms with Gasteiger partial charge < -0.3 is 30.6 Å². The van der Waals surface area contributed by atoms with Gasteiger partial charge in [0.1, 0.15) is 36.1 Å². The van der Waals surface area contributed by atoms with Gasteiger partial charge in [0, 0.05) is 0 Å². The summed E-state index contributed by atoms with van der Waals surface area (Å²) in [5.41, 5.74) is -2.22. The van der Waals surface area contributed by atoms with Crippen molar-refractivity contribution >= 4 is 0 Å². The van der Waals surface area contributed by atoms with Gasteiger partial charge in [0.05, 0.1) is 6.67 Å². The third-order valence-electron chi connectivity index (χ3n) is 3.08. The number of halogens is 1. The molecule has 6 N–H and O–H groups in total. The molecule has 0 aromatic rings. The third kappa shape index (κ3) is 2.06. The van der Waals surface area contributed by atoms with Gasteiger partial charge in [-0.05, 0) is 12.8 Å². The van der Waals surface area contributed by atoms with E-state index in [0.29, 0.717) is 0 Å². The fraction of sp³-hybridized carbons (Fsp3) is 1.00. The van der Waals surface area contributed by atoms with E-state index in [2.05, 4.69) is 0 Å². The maximum absolute atomic E-state index is 12.0. The minimum atomic E-state index is -2.22. The van der Waals surface area contributed by atoms with E-state index in [0.717, 1.165) is 0 Å². The van der Waals surface area contributed by atoms with Gasteiger partial charge in [-0.15, -0.1) is 0 Å². The van der Waals surface area contributed by atoms with Crippen molar-refractivity contribution in [3.05, 3.63) is 0 Å². The summed E-state index contributed by atoms with van der Waals surface area (Å²) in [6.45, 7) is -0.767. The third-order valence-corrected chi connectivity index (χ3v) is 3.08. The minimum Gasteiger partial charge on any atom is -0.387 e. The molecule has 1 saturated carbocycles. The summed E-state index contributed by atoms with van der Waals surface area (Å²) in [5.74, 6) is 0. The molecule has 0 bridgehead atoms. The quantitative estimate of drug-likeness (QED) is 0.319. The SMILES string of the molecule is OC1C(O)[C@@](O)(CCCF)[C@@H](O)C(O)[C@H]1O. The molecule has 1 aliphatic carbocycles. The normalized spacial score (nSPS) is 49.3. The van der Waals surface area contributed by atoms with E-state index in [1.807, 2.05) is 0 Å². The van der Waals surface area contributed by atoms with Crippen LogP contribution >= 0.6 is 0 Å². The molecule has 0 aromatic carbocycles. The number of aliphatic hydroxyl groups excluding tert-OH is 5. The first-order valence-electron chi connectivity index (χ1n) is 5.05. The average molecular weight is 240 g/mol. The second-order valence-electron chi connectivity index (χ2n) is 4.15. The number of rotatable bonds is 3. The lowest BCUT2D eigenvalue weighted by Gasteiger charge is -2.47. The van der Waals surface area contributed by atoms with Crippen molar-refractivity contribution in [3.63, 3.8) is 0 Å². The second kappa shape index (κ2) is 4.91. The number of aliphatic hydroxyl groups is 6. The highest BCUT2D eigenvalue weighted by molar-refractivity contribution is 5.08. The molecule has 0 radical (unpaired) electrons. The van der Waals surface area contributed by atoms with E-state index in [1.54, 1.807) is 0 Å². The van der Waals surface area contributed by atoms with Crippen LogP contribution in [0.2, 0.25) is 0 Å². The Balaban J connectivity index is 2.88. The Kier molecular flexibility index (Phi) is 4.22. The molecule has 0 amide bonds. The lowest BCUT2D eigenvalue weighted by molar-refractivity contribution is -0.270. The maximum atomic E-state index is 12.0. The molecular weight excluding hydrogens is 223 g/mol. The van der Waals surface area contributed by atoms with E-state index in [-0.39, 0.29) is 12.8 Å². The summed E-state index contributed by atoms with van der Waals surface area (Å²) in [6.07, 6.45) is -9.48. The molecule has 16 heavy (non-hydrogen) atoms. The Morgan fingerprint density at radius 2 is 1.31 bits per heavy atom. The molecule has 0 saturated heterocycles. The van der Waals surface area contributed by atoms with Crippen LogP contribution in [0.3, 0.4) is 0 Å². The fourth-order valence-corrected chi connectivity index (χ4v) is 1.99. The minimum absolute atomic E-state index is 0.139. The zero-order valence-electron chi connectivity index (χ0n) is 8.57. The van der Waals surface area contributed by atoms with Crippen molar-refractivity contribution in [2.45, 2.75) is 49.0 Å². The molecule has 3 unspecified atom stereocenters. The monoisotopic (exact) mass is 240 g/mol. The first-order valence-corrected chi connectivity index (χ1v) is 5.05. The van der Waals surface area contributed by atoms with E-state index in [1.165, 1.54) is 0 Å². The Hall–Kier alpha value is -0.310. The van der Waals surface area contributed by atoms with Crippen LogP contribution in [0, 0.1) is 0 Å². The zero-order valence-corrected chi connectivity index (χ0v) is 8.57. The number of hydrogen-bond donors (Lipinski definition) is 6. The lowest BCUT2D eigenvalue weighted by atomic mass is 9.72. The van der Waals surface area contributed by atoms with Crippen LogP contribution in [0.25, 0.3) is 0 Å². The van der Waals surface area contributed by atoms with Gasteiger partial charge in [0.2, 0.25) is 0 Å². The van der Waals surface area contributed by atoms with Crippen LogP contribution in [0.5, 0.6) is 0 Å². The molecule has 1 aliphatic rings. The number of alkyl halides is 1. The van der Waals surface area contributed by atoms with Crippen molar-refractivity contribution in [2.24, 2.45) is 0 Å². The summed E-state index contributed by atoms with van der Waals surface area (Å²) in [4.78, 5) is 0. The van der Waals surface area contributed by atoms with E-state index in [4.69, 9.17) is 0 Å². The van der Waals surface area contributed by atoms with E-state index >= 15 is 0 Å². The van der Waals surface area contributed by atoms with Crippen molar-refractivity contribution in [2.75, 3.05) is 6.67 Å². The first-order chi connectivity index (χ1) is 7.36. The summed E-state index contributed by atoms with van der Waals surface area (Å²) in [5, 5.41) is 56.9. The van der Waals surface area contributed by atoms with Crippen LogP contribution in [-0.2, 0) is 0 Å². The van der Waals surface area contributed by atoms with Crippen molar-refractivity contribution < 1.29 is 35.0 Å². The van der Waals surface area contributed by atoms with Gasteiger partial charge in [-0.2, -0.15) is 0 Å². The highest BCUT2D eigenvalue weighted by Gasteiger charge is 2.56. The van der Waals surface area contributed by atoms with Gasteiger partial charge in [0.25, 0.3) is 0 Å². The molecule has 6 nitrogen and oxygen atoms in total. The van der Waals surface area contributed by atoms with Crippen LogP contribution in [-0.4, -0.2) is 73.4 Å². The Morgan fingerprint density at radius 1 is 0.875 bits per heavy atom. The van der Waals surface area contributed by atoms with Gasteiger partial charge in [0.15, 0.2) is 0 Å². The Morgan fingerprint density at radius 3 is 1.69 bits per heavy atom. The predicted molar refractivity (Wildman–Crippen MR) is 50.2 cm³/mol. The van der Waals surface area contributed by atoms with Crippen LogP contribution < -0.4 is 0 Å². The largest absolute Gasteiger partial charge is 0.387 e. The zero-order chi connectivity index (χ0) is 12.5. The Labute approximate surface area is 91.6 Å². The van der Waals surface area contributed by atoms with Gasteiger partial charge in [-0.3, -0.25) is 4.39 Å². The molecule has 6 atom stereocenters. The van der Waals surface area contributed by atoms with Crippen molar-refractivity contribution in [1.29, 1.82) is 0 Å². The highest BCUT2D eigenvalue weighted by Crippen LogP contribution is 2.33. The topological polar surface area (TPSA) is 121 Å². The molecule has 0 heterocycles. The molecule has 96 valence electrons. The highest BCUT2D eigenvalue weighted by atomic mass is 19.1. The predicted octanol–water partition coefficient (Wildman–Crippen LogP) is -2.71. The molecule has 0 spiro atoms. The van der Waals surface area contributed by atoms with Crippen molar-refractivity contribution in [1.82, 2.24) is 0 Å². The lowest BCUT2D eigenvalue weighted by Crippen LogP contribution is -2.70. The fourth-order valence-electron chi connectivity index (χ4n) is 1.99. The van der Waals surface area contributed by atoms with Gasteiger partial charge >= 0.3 is 0 Å². The second-order valence-corrected chi connectivity index (χ2v) is 4.15. The standard InChI is InChI=1S/C9H17FO6/c10-3-1-2-9(16)7(14)5(12)4(11)6(13)8(9)15/h4-8,11-16H,1-3H2/t4-,5?,6?,7+,8?,9-/m1/s1. The van der Waals surface area contributed by atoms with E-state index < -0.39 is 42.8 Å². The maximum Gasteiger partial charge on any atom is 0.122 e. The smallest absolute Gasteiger partial charge is 0.122 e. The summed E-state index contributed by atoms with van der Waals surface area (Å²) in [7, 11) is 0. The van der Waals surface area contributed by atoms with E-state index in [9.17, 15) is 35.0 Å². The molecule has 1 rings (SSSR count). The van der Waals surface area contributed by atoms with Crippen LogP contribution in [0.4, 0.5) is 4.39 Å². The van der Waals surface area contributed by atoms with Gasteiger partial charge in [-0.25, -0.2) is 0 Å². The molecule has 0 aliphatic heterocycles. The van der Waals surface area contributed by atoms with Crippen LogP contribution in [0.15, 0.2) is 0 Å². The number of hydrogen-bond acceptors (Lipinski definition) is 6. The van der Waals surface area contributed by atoms with Crippen LogP contribution in [0.1, 0.15) is 12.8 Å². The summed E-state index contributed by atoms with van der Waals surface area (Å²) in [6, 6.07) is 0. The Bertz CT molecular complexity index is 222. The first kappa shape index (κ1) is 13.8. The summed E-state index contributed by atoms with van der Waals surface area (Å²) < 4.78 is 12.0. The molecule has 0 aromatic heterocycles.